The first-order valence-corrected chi connectivity index (χ1v) is 19.1. The highest BCUT2D eigenvalue weighted by Gasteiger charge is 2.52. The van der Waals surface area contributed by atoms with Gasteiger partial charge in [0, 0.05) is 23.9 Å². The Morgan fingerprint density at radius 1 is 1.08 bits per heavy atom. The minimum Gasteiger partial charge on any atom is -0.496 e. The van der Waals surface area contributed by atoms with E-state index in [2.05, 4.69) is 74.7 Å². The summed E-state index contributed by atoms with van der Waals surface area (Å²) in [4.78, 5) is 17.4. The van der Waals surface area contributed by atoms with Crippen LogP contribution in [0.2, 0.25) is 4.34 Å². The number of nitrogens with zero attached hydrogens (tertiary/aromatic N) is 2. The van der Waals surface area contributed by atoms with Gasteiger partial charge in [-0.05, 0) is 113 Å². The van der Waals surface area contributed by atoms with Crippen molar-refractivity contribution >= 4 is 39.9 Å². The number of fused-ring (bicyclic) bond motifs is 4. The van der Waals surface area contributed by atoms with Crippen LogP contribution in [0.1, 0.15) is 88.8 Å². The molecule has 50 heavy (non-hydrogen) atoms. The summed E-state index contributed by atoms with van der Waals surface area (Å²) in [5, 5.41) is 9.02. The molecular formula is C42H47ClN2O4S. The largest absolute Gasteiger partial charge is 0.496 e. The number of carboxylic acid groups (broad SMARTS) is 1. The van der Waals surface area contributed by atoms with Crippen LogP contribution in [0, 0.1) is 11.3 Å². The van der Waals surface area contributed by atoms with Crippen LogP contribution >= 0.6 is 22.9 Å². The molecule has 2 heterocycles. The van der Waals surface area contributed by atoms with Crippen LogP contribution in [0.5, 0.6) is 11.5 Å². The van der Waals surface area contributed by atoms with E-state index >= 15 is 0 Å². The number of methoxy groups -OCH3 is 1. The third kappa shape index (κ3) is 6.43. The molecule has 6 nitrogen and oxygen atoms in total. The molecule has 1 saturated carbocycles. The number of halogens is 1. The Balaban J connectivity index is 1.30. The Labute approximate surface area is 304 Å². The molecule has 8 heteroatoms. The van der Waals surface area contributed by atoms with Gasteiger partial charge in [0.05, 0.1) is 34.6 Å². The highest BCUT2D eigenvalue weighted by atomic mass is 35.5. The molecule has 0 amide bonds. The van der Waals surface area contributed by atoms with Crippen molar-refractivity contribution in [3.63, 3.8) is 0 Å². The van der Waals surface area contributed by atoms with Crippen LogP contribution in [0.25, 0.3) is 32.9 Å². The number of benzene rings is 3. The number of thiophene rings is 1. The zero-order valence-electron chi connectivity index (χ0n) is 29.7. The van der Waals surface area contributed by atoms with E-state index < -0.39 is 5.97 Å². The van der Waals surface area contributed by atoms with E-state index in [0.717, 1.165) is 56.6 Å². The van der Waals surface area contributed by atoms with Crippen molar-refractivity contribution in [3.8, 4) is 33.3 Å². The molecule has 0 bridgehead atoms. The van der Waals surface area contributed by atoms with Crippen molar-refractivity contribution in [2.45, 2.75) is 90.5 Å². The molecule has 5 aromatic rings. The maximum atomic E-state index is 11.0. The number of ether oxygens (including phenoxy) is 2. The first-order chi connectivity index (χ1) is 24.0. The summed E-state index contributed by atoms with van der Waals surface area (Å²) in [6, 6.07) is 23.8. The second kappa shape index (κ2) is 13.7. The number of aliphatic carboxylic acids is 1. The lowest BCUT2D eigenvalue weighted by molar-refractivity contribution is -0.137. The third-order valence-corrected chi connectivity index (χ3v) is 12.8. The fourth-order valence-electron chi connectivity index (χ4n) is 9.03. The summed E-state index contributed by atoms with van der Waals surface area (Å²) >= 11 is 7.91. The van der Waals surface area contributed by atoms with Gasteiger partial charge in [-0.15, -0.1) is 11.3 Å². The standard InChI is InChI=1S/C42H47ClN2O4S/c1-26(2)27-9-14-32-28(22-27)11-17-37-41(3,19-7-20-42(32,37)4)25-45-34-15-10-29(36-16-18-38(43)50-36)23-33(34)44-40(45)31-13-12-30(24-35(31)48-5)49-21-6-8-39(46)47/h9-10,12-16,18,22-24,26,37H,6-8,11,17,19-21,25H2,1-5H3,(H,46,47)/t37-,41+,42+/m0/s1. The van der Waals surface area contributed by atoms with Crippen LogP contribution < -0.4 is 9.47 Å². The zero-order valence-corrected chi connectivity index (χ0v) is 31.3. The van der Waals surface area contributed by atoms with Crippen molar-refractivity contribution in [1.82, 2.24) is 9.55 Å². The summed E-state index contributed by atoms with van der Waals surface area (Å²) < 4.78 is 15.1. The number of carboxylic acids is 1. The highest BCUT2D eigenvalue weighted by Crippen LogP contribution is 2.58. The molecule has 2 aliphatic rings. The van der Waals surface area contributed by atoms with E-state index in [1.54, 1.807) is 29.6 Å². The topological polar surface area (TPSA) is 73.6 Å². The molecule has 262 valence electrons. The molecule has 0 radical (unpaired) electrons. The van der Waals surface area contributed by atoms with Gasteiger partial charge in [-0.3, -0.25) is 4.79 Å². The minimum absolute atomic E-state index is 0.0458. The smallest absolute Gasteiger partial charge is 0.303 e. The molecule has 7 rings (SSSR count). The monoisotopic (exact) mass is 710 g/mol. The molecule has 0 saturated heterocycles. The van der Waals surface area contributed by atoms with E-state index in [4.69, 9.17) is 31.2 Å². The second-order valence-corrected chi connectivity index (χ2v) is 16.8. The lowest BCUT2D eigenvalue weighted by Crippen LogP contribution is -2.50. The van der Waals surface area contributed by atoms with Gasteiger partial charge >= 0.3 is 5.97 Å². The van der Waals surface area contributed by atoms with Crippen LogP contribution in [0.15, 0.2) is 66.7 Å². The first kappa shape index (κ1) is 34.6. The van der Waals surface area contributed by atoms with E-state index in [0.29, 0.717) is 36.4 Å². The molecule has 0 spiro atoms. The minimum atomic E-state index is -0.824. The van der Waals surface area contributed by atoms with E-state index in [-0.39, 0.29) is 17.3 Å². The van der Waals surface area contributed by atoms with Gasteiger partial charge in [0.2, 0.25) is 0 Å². The lowest BCUT2D eigenvalue weighted by Gasteiger charge is -2.56. The van der Waals surface area contributed by atoms with Gasteiger partial charge in [-0.25, -0.2) is 4.98 Å². The van der Waals surface area contributed by atoms with Gasteiger partial charge in [0.1, 0.15) is 17.3 Å². The molecule has 3 atom stereocenters. The predicted octanol–water partition coefficient (Wildman–Crippen LogP) is 11.2. The Bertz CT molecular complexity index is 2050. The zero-order chi connectivity index (χ0) is 35.2. The lowest BCUT2D eigenvalue weighted by atomic mass is 9.49. The maximum absolute atomic E-state index is 11.0. The first-order valence-electron chi connectivity index (χ1n) is 17.9. The quantitative estimate of drug-likeness (QED) is 0.138. The summed E-state index contributed by atoms with van der Waals surface area (Å²) in [7, 11) is 1.68. The Hall–Kier alpha value is -3.81. The van der Waals surface area contributed by atoms with E-state index in [1.165, 1.54) is 24.8 Å². The Morgan fingerprint density at radius 3 is 2.66 bits per heavy atom. The number of hydrogen-bond acceptors (Lipinski definition) is 5. The van der Waals surface area contributed by atoms with Gasteiger partial charge < -0.3 is 19.1 Å². The van der Waals surface area contributed by atoms with Crippen molar-refractivity contribution in [1.29, 1.82) is 0 Å². The average Bonchev–Trinajstić information content (AvgIpc) is 3.68. The molecule has 2 aliphatic carbocycles. The number of aromatic nitrogens is 2. The van der Waals surface area contributed by atoms with Crippen molar-refractivity contribution in [2.75, 3.05) is 13.7 Å². The molecule has 0 aliphatic heterocycles. The number of aryl methyl sites for hydroxylation is 1. The van der Waals surface area contributed by atoms with Crippen molar-refractivity contribution in [2.24, 2.45) is 11.3 Å². The predicted molar refractivity (Wildman–Crippen MR) is 204 cm³/mol. The SMILES string of the molecule is COc1cc(OCCCC(=O)O)ccc1-c1nc2cc(-c3ccc(Cl)s3)ccc2n1C[C@@]1(C)CCC[C@]2(C)c3ccc(C(C)C)cc3CC[C@@H]12. The van der Waals surface area contributed by atoms with E-state index in [9.17, 15) is 4.79 Å². The number of carbonyl (C=O) groups is 1. The fourth-order valence-corrected chi connectivity index (χ4v) is 10.1. The van der Waals surface area contributed by atoms with Gasteiger partial charge in [0.15, 0.2) is 0 Å². The van der Waals surface area contributed by atoms with Gasteiger partial charge in [-0.1, -0.05) is 70.0 Å². The van der Waals surface area contributed by atoms with Crippen LogP contribution in [0.4, 0.5) is 0 Å². The molecule has 2 aromatic heterocycles. The van der Waals surface area contributed by atoms with Gasteiger partial charge in [-0.2, -0.15) is 0 Å². The number of rotatable bonds is 11. The molecule has 0 unspecified atom stereocenters. The summed E-state index contributed by atoms with van der Waals surface area (Å²) in [5.41, 5.74) is 8.75. The van der Waals surface area contributed by atoms with E-state index in [1.807, 2.05) is 24.3 Å². The summed E-state index contributed by atoms with van der Waals surface area (Å²) in [6.07, 6.45) is 6.39. The van der Waals surface area contributed by atoms with Crippen molar-refractivity contribution < 1.29 is 19.4 Å². The molecule has 1 N–H and O–H groups in total. The average molecular weight is 711 g/mol. The maximum Gasteiger partial charge on any atom is 0.303 e. The summed E-state index contributed by atoms with van der Waals surface area (Å²) in [5.74, 6) is 2.43. The molecule has 3 aromatic carbocycles. The fraction of sp³-hybridized carbons (Fsp3) is 0.429. The third-order valence-electron chi connectivity index (χ3n) is 11.5. The second-order valence-electron chi connectivity index (χ2n) is 15.1. The number of hydrogen-bond donors (Lipinski definition) is 1. The molecular weight excluding hydrogens is 664 g/mol. The van der Waals surface area contributed by atoms with Crippen LogP contribution in [-0.4, -0.2) is 34.3 Å². The van der Waals surface area contributed by atoms with Gasteiger partial charge in [0.25, 0.3) is 0 Å². The number of imidazole rings is 1. The normalized spacial score (nSPS) is 21.6. The molecule has 1 fully saturated rings. The van der Waals surface area contributed by atoms with Crippen LogP contribution in [-0.2, 0) is 23.2 Å². The summed E-state index contributed by atoms with van der Waals surface area (Å²) in [6.45, 7) is 10.8. The highest BCUT2D eigenvalue weighted by molar-refractivity contribution is 7.19. The Kier molecular flexibility index (Phi) is 9.50. The van der Waals surface area contributed by atoms with Crippen molar-refractivity contribution in [3.05, 3.63) is 87.8 Å². The van der Waals surface area contributed by atoms with Crippen LogP contribution in [0.3, 0.4) is 0 Å². The Morgan fingerprint density at radius 2 is 1.92 bits per heavy atom.